The number of hydrogen-bond donors (Lipinski definition) is 2. The molecule has 2 aromatic carbocycles. The number of aromatic amines is 1. The molecule has 3 nitrogen and oxygen atoms in total. The van der Waals surface area contributed by atoms with Crippen LogP contribution in [0.5, 0.6) is 0 Å². The summed E-state index contributed by atoms with van der Waals surface area (Å²) in [4.78, 5) is 16.1. The molecule has 0 bridgehead atoms. The second-order valence-corrected chi connectivity index (χ2v) is 7.67. The lowest BCUT2D eigenvalue weighted by Gasteiger charge is -2.24. The van der Waals surface area contributed by atoms with E-state index < -0.39 is 0 Å². The maximum Gasteiger partial charge on any atom is 0.224 e. The number of hydrogen-bond acceptors (Lipinski definition) is 1. The van der Waals surface area contributed by atoms with Crippen LogP contribution < -0.4 is 5.32 Å². The van der Waals surface area contributed by atoms with Crippen LogP contribution in [0.25, 0.3) is 10.9 Å². The first kappa shape index (κ1) is 16.9. The van der Waals surface area contributed by atoms with Crippen molar-refractivity contribution in [3.05, 3.63) is 69.9 Å². The minimum atomic E-state index is 0.125. The Morgan fingerprint density at radius 1 is 1.12 bits per heavy atom. The molecule has 0 fully saturated rings. The van der Waals surface area contributed by atoms with Gasteiger partial charge in [0.25, 0.3) is 0 Å². The van der Waals surface area contributed by atoms with Crippen LogP contribution in [0, 0.1) is 20.8 Å². The average molecular weight is 346 g/mol. The van der Waals surface area contributed by atoms with E-state index in [1.165, 1.54) is 38.9 Å². The van der Waals surface area contributed by atoms with Crippen molar-refractivity contribution in [3.8, 4) is 0 Å². The Balaban J connectivity index is 1.50. The summed E-state index contributed by atoms with van der Waals surface area (Å²) < 4.78 is 0. The van der Waals surface area contributed by atoms with Crippen LogP contribution in [0.3, 0.4) is 0 Å². The van der Waals surface area contributed by atoms with Gasteiger partial charge in [-0.05, 0) is 80.0 Å². The molecule has 0 saturated heterocycles. The van der Waals surface area contributed by atoms with Gasteiger partial charge in [0.2, 0.25) is 5.91 Å². The third-order valence-corrected chi connectivity index (χ3v) is 5.78. The van der Waals surface area contributed by atoms with Gasteiger partial charge in [0.05, 0.1) is 6.42 Å². The van der Waals surface area contributed by atoms with E-state index in [0.29, 0.717) is 6.42 Å². The summed E-state index contributed by atoms with van der Waals surface area (Å²) >= 11 is 0. The number of aryl methyl sites for hydroxylation is 4. The number of amides is 1. The van der Waals surface area contributed by atoms with Crippen LogP contribution >= 0.6 is 0 Å². The largest absolute Gasteiger partial charge is 0.358 e. The molecule has 1 aliphatic carbocycles. The molecule has 3 aromatic rings. The Morgan fingerprint density at radius 3 is 2.69 bits per heavy atom. The van der Waals surface area contributed by atoms with E-state index in [0.717, 1.165) is 24.8 Å². The van der Waals surface area contributed by atoms with Crippen LogP contribution in [0.1, 0.15) is 39.9 Å². The molecule has 1 heterocycles. The highest BCUT2D eigenvalue weighted by molar-refractivity contribution is 5.87. The van der Waals surface area contributed by atoms with Gasteiger partial charge in [-0.1, -0.05) is 24.3 Å². The zero-order valence-electron chi connectivity index (χ0n) is 15.8. The van der Waals surface area contributed by atoms with E-state index in [2.05, 4.69) is 49.3 Å². The van der Waals surface area contributed by atoms with Crippen LogP contribution in [0.15, 0.2) is 36.4 Å². The summed E-state index contributed by atoms with van der Waals surface area (Å²) in [5.41, 5.74) is 8.88. The lowest BCUT2D eigenvalue weighted by atomic mass is 9.90. The number of carbonyl (C=O) groups excluding carboxylic acids is 1. The third-order valence-electron chi connectivity index (χ3n) is 5.78. The Labute approximate surface area is 154 Å². The van der Waals surface area contributed by atoms with Gasteiger partial charge < -0.3 is 10.3 Å². The first-order valence-electron chi connectivity index (χ1n) is 9.46. The normalized spacial score (nSPS) is 16.5. The van der Waals surface area contributed by atoms with Gasteiger partial charge in [0.15, 0.2) is 0 Å². The molecular formula is C23H26N2O. The minimum Gasteiger partial charge on any atom is -0.358 e. The molecule has 3 heteroatoms. The fourth-order valence-electron chi connectivity index (χ4n) is 4.07. The van der Waals surface area contributed by atoms with Crippen molar-refractivity contribution in [1.82, 2.24) is 10.3 Å². The zero-order valence-corrected chi connectivity index (χ0v) is 15.8. The first-order chi connectivity index (χ1) is 12.5. The van der Waals surface area contributed by atoms with Crippen molar-refractivity contribution in [3.63, 3.8) is 0 Å². The lowest BCUT2D eigenvalue weighted by Crippen LogP contribution is -2.39. The van der Waals surface area contributed by atoms with E-state index >= 15 is 0 Å². The van der Waals surface area contributed by atoms with Gasteiger partial charge in [-0.3, -0.25) is 4.79 Å². The summed E-state index contributed by atoms with van der Waals surface area (Å²) in [6, 6.07) is 12.9. The van der Waals surface area contributed by atoms with Crippen LogP contribution in [-0.2, 0) is 24.1 Å². The van der Waals surface area contributed by atoms with E-state index in [4.69, 9.17) is 0 Å². The van der Waals surface area contributed by atoms with Crippen molar-refractivity contribution in [1.29, 1.82) is 0 Å². The van der Waals surface area contributed by atoms with Crippen molar-refractivity contribution in [2.75, 3.05) is 0 Å². The number of rotatable bonds is 3. The highest BCUT2D eigenvalue weighted by Crippen LogP contribution is 2.31. The molecule has 26 heavy (non-hydrogen) atoms. The first-order valence-corrected chi connectivity index (χ1v) is 9.46. The molecule has 0 radical (unpaired) electrons. The highest BCUT2D eigenvalue weighted by atomic mass is 16.1. The third kappa shape index (κ3) is 3.14. The molecule has 0 saturated carbocycles. The average Bonchev–Trinajstić information content (AvgIpc) is 2.94. The smallest absolute Gasteiger partial charge is 0.224 e. The van der Waals surface area contributed by atoms with Gasteiger partial charge in [0.1, 0.15) is 0 Å². The Bertz CT molecular complexity index is 983. The highest BCUT2D eigenvalue weighted by Gasteiger charge is 2.24. The van der Waals surface area contributed by atoms with E-state index in [9.17, 15) is 4.79 Å². The van der Waals surface area contributed by atoms with Crippen molar-refractivity contribution in [2.24, 2.45) is 0 Å². The minimum absolute atomic E-state index is 0.125. The van der Waals surface area contributed by atoms with Gasteiger partial charge in [0, 0.05) is 22.6 Å². The quantitative estimate of drug-likeness (QED) is 0.729. The molecule has 134 valence electrons. The standard InChI is InChI=1S/C23H26N2O/c1-14-6-4-5-7-17(14)12-23(26)24-18-8-9-21-20(13-18)19-10-15(2)16(3)11-22(19)25-21/h4-7,10-11,18,25H,8-9,12-13H2,1-3H3,(H,24,26)/t18-/m1/s1. The topological polar surface area (TPSA) is 44.9 Å². The fourth-order valence-corrected chi connectivity index (χ4v) is 4.07. The van der Waals surface area contributed by atoms with Gasteiger partial charge in [-0.25, -0.2) is 0 Å². The van der Waals surface area contributed by atoms with Crippen molar-refractivity contribution < 1.29 is 4.79 Å². The second kappa shape index (κ2) is 6.64. The van der Waals surface area contributed by atoms with Gasteiger partial charge in [-0.2, -0.15) is 0 Å². The Kier molecular flexibility index (Phi) is 4.31. The number of nitrogens with one attached hydrogen (secondary N) is 2. The fraction of sp³-hybridized carbons (Fsp3) is 0.348. The maximum atomic E-state index is 12.5. The molecular weight excluding hydrogens is 320 g/mol. The number of carbonyl (C=O) groups is 1. The van der Waals surface area contributed by atoms with Crippen molar-refractivity contribution >= 4 is 16.8 Å². The summed E-state index contributed by atoms with van der Waals surface area (Å²) in [6.07, 6.45) is 3.37. The van der Waals surface area contributed by atoms with E-state index in [-0.39, 0.29) is 11.9 Å². The van der Waals surface area contributed by atoms with Gasteiger partial charge in [-0.15, -0.1) is 0 Å². The Morgan fingerprint density at radius 2 is 1.88 bits per heavy atom. The summed E-state index contributed by atoms with van der Waals surface area (Å²) in [5, 5.41) is 4.58. The second-order valence-electron chi connectivity index (χ2n) is 7.67. The number of aromatic nitrogens is 1. The summed E-state index contributed by atoms with van der Waals surface area (Å²) in [7, 11) is 0. The number of fused-ring (bicyclic) bond motifs is 3. The molecule has 1 aliphatic rings. The predicted molar refractivity (Wildman–Crippen MR) is 107 cm³/mol. The molecule has 2 N–H and O–H groups in total. The molecule has 1 atom stereocenters. The molecule has 0 spiro atoms. The lowest BCUT2D eigenvalue weighted by molar-refractivity contribution is -0.121. The van der Waals surface area contributed by atoms with E-state index in [1.807, 2.05) is 18.2 Å². The Hall–Kier alpha value is -2.55. The monoisotopic (exact) mass is 346 g/mol. The summed E-state index contributed by atoms with van der Waals surface area (Å²) in [5.74, 6) is 0.125. The maximum absolute atomic E-state index is 12.5. The molecule has 0 aliphatic heterocycles. The molecule has 4 rings (SSSR count). The molecule has 0 unspecified atom stereocenters. The zero-order chi connectivity index (χ0) is 18.3. The van der Waals surface area contributed by atoms with E-state index in [1.54, 1.807) is 0 Å². The van der Waals surface area contributed by atoms with Gasteiger partial charge >= 0.3 is 0 Å². The SMILES string of the molecule is Cc1cc2[nH]c3c(c2cc1C)C[C@H](NC(=O)Cc1ccccc1C)CC3. The number of benzene rings is 2. The van der Waals surface area contributed by atoms with Crippen LogP contribution in [0.2, 0.25) is 0 Å². The summed E-state index contributed by atoms with van der Waals surface area (Å²) in [6.45, 7) is 6.38. The number of H-pyrrole nitrogens is 1. The molecule has 1 amide bonds. The van der Waals surface area contributed by atoms with Crippen LogP contribution in [-0.4, -0.2) is 16.9 Å². The van der Waals surface area contributed by atoms with Crippen molar-refractivity contribution in [2.45, 2.75) is 52.5 Å². The predicted octanol–water partition coefficient (Wildman–Crippen LogP) is 4.31. The van der Waals surface area contributed by atoms with Crippen LogP contribution in [0.4, 0.5) is 0 Å². The molecule has 1 aromatic heterocycles.